The molecule has 1 saturated heterocycles. The van der Waals surface area contributed by atoms with Crippen molar-refractivity contribution in [3.05, 3.63) is 41.6 Å². The van der Waals surface area contributed by atoms with Crippen molar-refractivity contribution in [1.29, 1.82) is 0 Å². The SMILES string of the molecule is Cc1ccc(CNc2cnnc(N(C)C3CCS(=O)(=O)C3)n2)cc1. The highest BCUT2D eigenvalue weighted by molar-refractivity contribution is 7.91. The Balaban J connectivity index is 1.66. The van der Waals surface area contributed by atoms with Crippen LogP contribution in [0.5, 0.6) is 0 Å². The van der Waals surface area contributed by atoms with Gasteiger partial charge in [-0.25, -0.2) is 8.42 Å². The second-order valence-corrected chi connectivity index (χ2v) is 8.38. The molecule has 0 spiro atoms. The van der Waals surface area contributed by atoms with E-state index in [1.54, 1.807) is 11.1 Å². The van der Waals surface area contributed by atoms with Crippen molar-refractivity contribution in [3.8, 4) is 0 Å². The Kier molecular flexibility index (Phi) is 4.66. The van der Waals surface area contributed by atoms with Crippen LogP contribution in [-0.4, -0.2) is 48.2 Å². The minimum absolute atomic E-state index is 0.0934. The summed E-state index contributed by atoms with van der Waals surface area (Å²) in [6, 6.07) is 8.16. The topological polar surface area (TPSA) is 88.1 Å². The fourth-order valence-electron chi connectivity index (χ4n) is 2.67. The van der Waals surface area contributed by atoms with Gasteiger partial charge in [0.2, 0.25) is 5.95 Å². The van der Waals surface area contributed by atoms with Crippen LogP contribution in [0, 0.1) is 6.92 Å². The molecule has 1 N–H and O–H groups in total. The Morgan fingerprint density at radius 2 is 2.04 bits per heavy atom. The van der Waals surface area contributed by atoms with Gasteiger partial charge in [0.25, 0.3) is 0 Å². The van der Waals surface area contributed by atoms with Gasteiger partial charge in [-0.1, -0.05) is 29.8 Å². The summed E-state index contributed by atoms with van der Waals surface area (Å²) >= 11 is 0. The van der Waals surface area contributed by atoms with Crippen molar-refractivity contribution in [2.75, 3.05) is 28.8 Å². The average Bonchev–Trinajstić information content (AvgIpc) is 2.94. The molecule has 128 valence electrons. The van der Waals surface area contributed by atoms with Crippen LogP contribution in [0.3, 0.4) is 0 Å². The second-order valence-electron chi connectivity index (χ2n) is 6.15. The largest absolute Gasteiger partial charge is 0.365 e. The highest BCUT2D eigenvalue weighted by Gasteiger charge is 2.31. The molecule has 0 aliphatic carbocycles. The van der Waals surface area contributed by atoms with Crippen LogP contribution >= 0.6 is 0 Å². The van der Waals surface area contributed by atoms with E-state index in [1.807, 2.05) is 7.05 Å². The molecule has 7 nitrogen and oxygen atoms in total. The Bertz CT molecular complexity index is 807. The first kappa shape index (κ1) is 16.6. The molecule has 24 heavy (non-hydrogen) atoms. The number of anilines is 2. The molecule has 2 heterocycles. The van der Waals surface area contributed by atoms with Crippen LogP contribution in [-0.2, 0) is 16.4 Å². The summed E-state index contributed by atoms with van der Waals surface area (Å²) < 4.78 is 23.3. The summed E-state index contributed by atoms with van der Waals surface area (Å²) in [5.41, 5.74) is 2.37. The molecule has 1 fully saturated rings. The number of sulfone groups is 1. The van der Waals surface area contributed by atoms with Crippen molar-refractivity contribution >= 4 is 21.6 Å². The molecular weight excluding hydrogens is 326 g/mol. The van der Waals surface area contributed by atoms with Crippen molar-refractivity contribution < 1.29 is 8.42 Å². The molecule has 0 bridgehead atoms. The predicted molar refractivity (Wildman–Crippen MR) is 93.8 cm³/mol. The summed E-state index contributed by atoms with van der Waals surface area (Å²) in [6.07, 6.45) is 2.17. The maximum atomic E-state index is 11.6. The summed E-state index contributed by atoms with van der Waals surface area (Å²) in [4.78, 5) is 6.24. The zero-order valence-electron chi connectivity index (χ0n) is 13.8. The van der Waals surface area contributed by atoms with Gasteiger partial charge in [-0.15, -0.1) is 5.10 Å². The number of aromatic nitrogens is 3. The van der Waals surface area contributed by atoms with E-state index in [9.17, 15) is 8.42 Å². The molecule has 1 unspecified atom stereocenters. The first-order chi connectivity index (χ1) is 11.4. The number of nitrogens with zero attached hydrogens (tertiary/aromatic N) is 4. The number of rotatable bonds is 5. The van der Waals surface area contributed by atoms with E-state index in [-0.39, 0.29) is 17.5 Å². The number of nitrogens with one attached hydrogen (secondary N) is 1. The molecule has 1 aromatic heterocycles. The Labute approximate surface area is 142 Å². The van der Waals surface area contributed by atoms with Crippen LogP contribution in [0.25, 0.3) is 0 Å². The van der Waals surface area contributed by atoms with E-state index in [1.165, 1.54) is 5.56 Å². The lowest BCUT2D eigenvalue weighted by Crippen LogP contribution is -2.34. The van der Waals surface area contributed by atoms with Crippen LogP contribution in [0.1, 0.15) is 17.5 Å². The smallest absolute Gasteiger partial charge is 0.247 e. The Morgan fingerprint density at radius 3 is 2.71 bits per heavy atom. The number of hydrogen-bond acceptors (Lipinski definition) is 7. The summed E-state index contributed by atoms with van der Waals surface area (Å²) in [5.74, 6) is 1.42. The quantitative estimate of drug-likeness (QED) is 0.875. The zero-order chi connectivity index (χ0) is 17.2. The van der Waals surface area contributed by atoms with Gasteiger partial charge in [0.1, 0.15) is 0 Å². The molecule has 0 radical (unpaired) electrons. The lowest BCUT2D eigenvalue weighted by atomic mass is 10.1. The highest BCUT2D eigenvalue weighted by Crippen LogP contribution is 2.20. The van der Waals surface area contributed by atoms with Crippen LogP contribution in [0.15, 0.2) is 30.5 Å². The second kappa shape index (κ2) is 6.72. The van der Waals surface area contributed by atoms with Gasteiger partial charge < -0.3 is 10.2 Å². The maximum Gasteiger partial charge on any atom is 0.247 e. The standard InChI is InChI=1S/C16H21N5O2S/c1-12-3-5-13(6-4-12)9-17-15-10-18-20-16(19-15)21(2)14-7-8-24(22,23)11-14/h3-6,10,14H,7-9,11H2,1-2H3,(H,17,19,20). The van der Waals surface area contributed by atoms with Crippen molar-refractivity contribution in [3.63, 3.8) is 0 Å². The van der Waals surface area contributed by atoms with Gasteiger partial charge in [0.05, 0.1) is 17.7 Å². The van der Waals surface area contributed by atoms with Gasteiger partial charge in [-0.3, -0.25) is 0 Å². The monoisotopic (exact) mass is 347 g/mol. The summed E-state index contributed by atoms with van der Waals surface area (Å²) in [7, 11) is -1.13. The third-order valence-corrected chi connectivity index (χ3v) is 5.96. The molecule has 0 amide bonds. The molecule has 1 aliphatic rings. The number of hydrogen-bond donors (Lipinski definition) is 1. The molecule has 1 atom stereocenters. The fraction of sp³-hybridized carbons (Fsp3) is 0.438. The van der Waals surface area contributed by atoms with E-state index < -0.39 is 9.84 Å². The molecule has 2 aromatic rings. The summed E-state index contributed by atoms with van der Waals surface area (Å²) in [6.45, 7) is 2.69. The molecule has 1 aliphatic heterocycles. The van der Waals surface area contributed by atoms with Gasteiger partial charge in [0, 0.05) is 19.6 Å². The normalized spacial score (nSPS) is 19.2. The van der Waals surface area contributed by atoms with E-state index >= 15 is 0 Å². The Morgan fingerprint density at radius 1 is 1.29 bits per heavy atom. The van der Waals surface area contributed by atoms with Crippen LogP contribution in [0.4, 0.5) is 11.8 Å². The number of aryl methyl sites for hydroxylation is 1. The highest BCUT2D eigenvalue weighted by atomic mass is 32.2. The van der Waals surface area contributed by atoms with Gasteiger partial charge in [-0.05, 0) is 18.9 Å². The van der Waals surface area contributed by atoms with Crippen molar-refractivity contribution in [1.82, 2.24) is 15.2 Å². The third-order valence-electron chi connectivity index (χ3n) is 4.21. The summed E-state index contributed by atoms with van der Waals surface area (Å²) in [5, 5.41) is 11.2. The van der Waals surface area contributed by atoms with Crippen molar-refractivity contribution in [2.45, 2.75) is 25.9 Å². The Hall–Kier alpha value is -2.22. The minimum Gasteiger partial charge on any atom is -0.365 e. The number of benzene rings is 1. The first-order valence-electron chi connectivity index (χ1n) is 7.85. The minimum atomic E-state index is -2.94. The van der Waals surface area contributed by atoms with Crippen molar-refractivity contribution in [2.24, 2.45) is 0 Å². The zero-order valence-corrected chi connectivity index (χ0v) is 14.6. The van der Waals surface area contributed by atoms with Crippen LogP contribution < -0.4 is 10.2 Å². The van der Waals surface area contributed by atoms with Gasteiger partial charge in [-0.2, -0.15) is 10.1 Å². The van der Waals surface area contributed by atoms with Gasteiger partial charge in [0.15, 0.2) is 15.7 Å². The average molecular weight is 347 g/mol. The van der Waals surface area contributed by atoms with E-state index in [0.717, 1.165) is 5.56 Å². The lowest BCUT2D eigenvalue weighted by molar-refractivity contribution is 0.600. The molecule has 3 rings (SSSR count). The van der Waals surface area contributed by atoms with Gasteiger partial charge >= 0.3 is 0 Å². The molecule has 0 saturated carbocycles. The molecule has 1 aromatic carbocycles. The van der Waals surface area contributed by atoms with Crippen LogP contribution in [0.2, 0.25) is 0 Å². The predicted octanol–water partition coefficient (Wildman–Crippen LogP) is 1.42. The first-order valence-corrected chi connectivity index (χ1v) is 9.67. The molecule has 8 heteroatoms. The molecular formula is C16H21N5O2S. The fourth-order valence-corrected chi connectivity index (χ4v) is 4.45. The van der Waals surface area contributed by atoms with E-state index in [4.69, 9.17) is 0 Å². The van der Waals surface area contributed by atoms with E-state index in [2.05, 4.69) is 51.7 Å². The lowest BCUT2D eigenvalue weighted by Gasteiger charge is -2.22. The van der Waals surface area contributed by atoms with E-state index in [0.29, 0.717) is 24.7 Å². The maximum absolute atomic E-state index is 11.6. The third kappa shape index (κ3) is 4.00.